The number of hydrogen-bond acceptors (Lipinski definition) is 1. The van der Waals surface area contributed by atoms with Gasteiger partial charge in [-0.3, -0.25) is 0 Å². The average molecular weight is 378 g/mol. The molecule has 2 heteroatoms. The molecule has 0 aromatic heterocycles. The fourth-order valence-corrected chi connectivity index (χ4v) is 4.48. The lowest BCUT2D eigenvalue weighted by molar-refractivity contribution is 0.211. The minimum absolute atomic E-state index is 0. The molecule has 1 aromatic carbocycles. The fraction of sp³-hybridized carbons (Fsp3) is 0.760. The van der Waals surface area contributed by atoms with Crippen LogP contribution in [0.5, 0.6) is 0 Å². The first-order valence-electron chi connectivity index (χ1n) is 11.5. The largest absolute Gasteiger partial charge is 0.412 e. The molecule has 0 heterocycles. The van der Waals surface area contributed by atoms with Crippen LogP contribution < -0.4 is 5.73 Å². The van der Waals surface area contributed by atoms with E-state index in [2.05, 4.69) is 51.1 Å². The first-order chi connectivity index (χ1) is 12.7. The SMILES string of the molecule is CCCCCCCCCCC(Cc1ccccc1)C(N)(CCC)CCC.O. The van der Waals surface area contributed by atoms with Crippen molar-refractivity contribution in [2.75, 3.05) is 0 Å². The Balaban J connectivity index is 0.00000676. The van der Waals surface area contributed by atoms with Gasteiger partial charge in [-0.25, -0.2) is 0 Å². The molecule has 0 aliphatic carbocycles. The molecule has 1 aromatic rings. The molecule has 0 bridgehead atoms. The van der Waals surface area contributed by atoms with Crippen molar-refractivity contribution in [1.82, 2.24) is 0 Å². The molecule has 0 spiro atoms. The molecule has 0 fully saturated rings. The van der Waals surface area contributed by atoms with Crippen molar-refractivity contribution in [2.45, 2.75) is 116 Å². The van der Waals surface area contributed by atoms with Gasteiger partial charge >= 0.3 is 0 Å². The summed E-state index contributed by atoms with van der Waals surface area (Å²) in [5, 5.41) is 0. The fourth-order valence-electron chi connectivity index (χ4n) is 4.48. The lowest BCUT2D eigenvalue weighted by Crippen LogP contribution is -2.48. The molecular formula is C25H47NO. The summed E-state index contributed by atoms with van der Waals surface area (Å²) < 4.78 is 0. The van der Waals surface area contributed by atoms with Crippen LogP contribution in [0.15, 0.2) is 30.3 Å². The van der Waals surface area contributed by atoms with Gasteiger partial charge in [-0.15, -0.1) is 0 Å². The highest BCUT2D eigenvalue weighted by molar-refractivity contribution is 5.16. The molecule has 0 saturated carbocycles. The van der Waals surface area contributed by atoms with E-state index >= 15 is 0 Å². The molecule has 0 amide bonds. The van der Waals surface area contributed by atoms with Crippen LogP contribution in [0.25, 0.3) is 0 Å². The quantitative estimate of drug-likeness (QED) is 0.315. The van der Waals surface area contributed by atoms with E-state index in [9.17, 15) is 0 Å². The van der Waals surface area contributed by atoms with E-state index in [4.69, 9.17) is 5.73 Å². The number of rotatable bonds is 16. The molecule has 2 nitrogen and oxygen atoms in total. The van der Waals surface area contributed by atoms with Gasteiger partial charge in [0.25, 0.3) is 0 Å². The molecule has 1 atom stereocenters. The van der Waals surface area contributed by atoms with E-state index in [0.29, 0.717) is 5.92 Å². The predicted octanol–water partition coefficient (Wildman–Crippen LogP) is 6.85. The zero-order chi connectivity index (χ0) is 19.1. The van der Waals surface area contributed by atoms with Crippen LogP contribution >= 0.6 is 0 Å². The molecule has 158 valence electrons. The van der Waals surface area contributed by atoms with Crippen LogP contribution in [0.1, 0.15) is 110 Å². The molecule has 4 N–H and O–H groups in total. The number of hydrogen-bond donors (Lipinski definition) is 1. The zero-order valence-electron chi connectivity index (χ0n) is 18.4. The van der Waals surface area contributed by atoms with Crippen LogP contribution in [0, 0.1) is 5.92 Å². The van der Waals surface area contributed by atoms with E-state index in [0.717, 1.165) is 19.3 Å². The Morgan fingerprint density at radius 2 is 1.26 bits per heavy atom. The maximum atomic E-state index is 7.01. The third kappa shape index (κ3) is 10.9. The van der Waals surface area contributed by atoms with Crippen LogP contribution in [-0.4, -0.2) is 11.0 Å². The summed E-state index contributed by atoms with van der Waals surface area (Å²) in [6.45, 7) is 6.86. The summed E-state index contributed by atoms with van der Waals surface area (Å²) in [5.74, 6) is 0.616. The number of benzene rings is 1. The van der Waals surface area contributed by atoms with E-state index in [1.165, 1.54) is 76.2 Å². The zero-order valence-corrected chi connectivity index (χ0v) is 18.4. The molecule has 27 heavy (non-hydrogen) atoms. The number of unbranched alkanes of at least 4 members (excludes halogenated alkanes) is 7. The Labute approximate surface area is 169 Å². The monoisotopic (exact) mass is 377 g/mol. The van der Waals surface area contributed by atoms with Gasteiger partial charge in [0, 0.05) is 5.54 Å². The standard InChI is InChI=1S/C25H45N.H2O/c1-4-7-8-9-10-11-12-16-19-24(22-23-17-14-13-15-18-23)25(26,20-5-2)21-6-3;/h13-15,17-18,24H,4-12,16,19-22,26H2,1-3H3;1H2. The van der Waals surface area contributed by atoms with Crippen LogP contribution in [0.2, 0.25) is 0 Å². The first-order valence-corrected chi connectivity index (χ1v) is 11.5. The van der Waals surface area contributed by atoms with E-state index in [1.54, 1.807) is 0 Å². The molecule has 0 saturated heterocycles. The van der Waals surface area contributed by atoms with E-state index < -0.39 is 0 Å². The van der Waals surface area contributed by atoms with Gasteiger partial charge in [0.2, 0.25) is 0 Å². The molecule has 1 unspecified atom stereocenters. The highest BCUT2D eigenvalue weighted by atomic mass is 16.0. The topological polar surface area (TPSA) is 57.5 Å². The average Bonchev–Trinajstić information content (AvgIpc) is 2.64. The first kappa shape index (κ1) is 26.1. The van der Waals surface area contributed by atoms with Gasteiger partial charge in [0.1, 0.15) is 0 Å². The van der Waals surface area contributed by atoms with Crippen molar-refractivity contribution in [3.63, 3.8) is 0 Å². The maximum Gasteiger partial charge on any atom is 0.0185 e. The highest BCUT2D eigenvalue weighted by Gasteiger charge is 2.32. The van der Waals surface area contributed by atoms with Gasteiger partial charge < -0.3 is 11.2 Å². The minimum atomic E-state index is 0. The van der Waals surface area contributed by atoms with Crippen molar-refractivity contribution in [3.8, 4) is 0 Å². The lowest BCUT2D eigenvalue weighted by Gasteiger charge is -2.38. The summed E-state index contributed by atoms with van der Waals surface area (Å²) in [4.78, 5) is 0. The Morgan fingerprint density at radius 3 is 1.78 bits per heavy atom. The summed E-state index contributed by atoms with van der Waals surface area (Å²) in [6.07, 6.45) is 18.3. The van der Waals surface area contributed by atoms with E-state index in [-0.39, 0.29) is 11.0 Å². The third-order valence-corrected chi connectivity index (χ3v) is 5.98. The summed E-state index contributed by atoms with van der Waals surface area (Å²) in [7, 11) is 0. The highest BCUT2D eigenvalue weighted by Crippen LogP contribution is 2.33. The predicted molar refractivity (Wildman–Crippen MR) is 121 cm³/mol. The van der Waals surface area contributed by atoms with E-state index in [1.807, 2.05) is 0 Å². The van der Waals surface area contributed by atoms with Gasteiger partial charge in [-0.05, 0) is 37.2 Å². The third-order valence-electron chi connectivity index (χ3n) is 5.98. The van der Waals surface area contributed by atoms with Crippen molar-refractivity contribution < 1.29 is 5.48 Å². The second-order valence-corrected chi connectivity index (χ2v) is 8.38. The minimum Gasteiger partial charge on any atom is -0.412 e. The summed E-state index contributed by atoms with van der Waals surface area (Å²) in [5.41, 5.74) is 8.48. The van der Waals surface area contributed by atoms with Gasteiger partial charge in [0.05, 0.1) is 0 Å². The lowest BCUT2D eigenvalue weighted by atomic mass is 9.72. The van der Waals surface area contributed by atoms with Crippen molar-refractivity contribution in [3.05, 3.63) is 35.9 Å². The Kier molecular flexibility index (Phi) is 15.6. The molecular weight excluding hydrogens is 330 g/mol. The second-order valence-electron chi connectivity index (χ2n) is 8.38. The van der Waals surface area contributed by atoms with Gasteiger partial charge in [0.15, 0.2) is 0 Å². The Hall–Kier alpha value is -0.860. The smallest absolute Gasteiger partial charge is 0.0185 e. The molecule has 0 aliphatic rings. The number of nitrogens with two attached hydrogens (primary N) is 1. The summed E-state index contributed by atoms with van der Waals surface area (Å²) in [6, 6.07) is 11.0. The second kappa shape index (κ2) is 16.1. The normalized spacial score (nSPS) is 12.6. The van der Waals surface area contributed by atoms with Crippen LogP contribution in [0.3, 0.4) is 0 Å². The molecule has 1 rings (SSSR count). The van der Waals surface area contributed by atoms with Crippen molar-refractivity contribution in [1.29, 1.82) is 0 Å². The maximum absolute atomic E-state index is 7.01. The Bertz CT molecular complexity index is 425. The van der Waals surface area contributed by atoms with Crippen molar-refractivity contribution >= 4 is 0 Å². The van der Waals surface area contributed by atoms with Crippen LogP contribution in [-0.2, 0) is 6.42 Å². The van der Waals surface area contributed by atoms with Crippen LogP contribution in [0.4, 0.5) is 0 Å². The van der Waals surface area contributed by atoms with Gasteiger partial charge in [-0.2, -0.15) is 0 Å². The summed E-state index contributed by atoms with van der Waals surface area (Å²) >= 11 is 0. The van der Waals surface area contributed by atoms with Crippen molar-refractivity contribution in [2.24, 2.45) is 11.7 Å². The molecule has 0 aliphatic heterocycles. The van der Waals surface area contributed by atoms with Gasteiger partial charge in [-0.1, -0.05) is 115 Å². The molecule has 0 radical (unpaired) electrons. The Morgan fingerprint density at radius 1 is 0.741 bits per heavy atom.